The first-order valence-electron chi connectivity index (χ1n) is 7.68. The summed E-state index contributed by atoms with van der Waals surface area (Å²) in [6, 6.07) is 16.3. The standard InChI is InChI=1S/C19H23NOS/c1-4-15(3)17-7-5-6-8-18(17)20-19(21)13-22-16-11-9-14(2)10-12-16/h5-12,15H,4,13H2,1-3H3,(H,20,21)/t15-/m0/s1. The molecular formula is C19H23NOS. The second-order valence-corrected chi connectivity index (χ2v) is 6.60. The van der Waals surface area contributed by atoms with E-state index in [2.05, 4.69) is 56.4 Å². The maximum Gasteiger partial charge on any atom is 0.234 e. The largest absolute Gasteiger partial charge is 0.325 e. The smallest absolute Gasteiger partial charge is 0.234 e. The van der Waals surface area contributed by atoms with Crippen LogP contribution in [0.2, 0.25) is 0 Å². The molecule has 0 aromatic heterocycles. The number of carbonyl (C=O) groups is 1. The third-order valence-corrected chi connectivity index (χ3v) is 4.78. The Morgan fingerprint density at radius 3 is 2.50 bits per heavy atom. The molecular weight excluding hydrogens is 290 g/mol. The van der Waals surface area contributed by atoms with Crippen LogP contribution >= 0.6 is 11.8 Å². The van der Waals surface area contributed by atoms with Crippen molar-refractivity contribution in [2.45, 2.75) is 38.0 Å². The van der Waals surface area contributed by atoms with Gasteiger partial charge in [-0.25, -0.2) is 0 Å². The van der Waals surface area contributed by atoms with Crippen molar-refractivity contribution in [3.05, 3.63) is 59.7 Å². The fourth-order valence-corrected chi connectivity index (χ4v) is 2.93. The number of carbonyl (C=O) groups excluding carboxylic acids is 1. The van der Waals surface area contributed by atoms with Gasteiger partial charge in [-0.2, -0.15) is 0 Å². The number of thioether (sulfide) groups is 1. The molecule has 2 rings (SSSR count). The SMILES string of the molecule is CC[C@H](C)c1ccccc1NC(=O)CSc1ccc(C)cc1. The third-order valence-electron chi connectivity index (χ3n) is 3.77. The summed E-state index contributed by atoms with van der Waals surface area (Å²) in [4.78, 5) is 13.3. The van der Waals surface area contributed by atoms with Gasteiger partial charge in [0.25, 0.3) is 0 Å². The number of aryl methyl sites for hydroxylation is 1. The fourth-order valence-electron chi connectivity index (χ4n) is 2.23. The molecule has 2 aromatic carbocycles. The number of anilines is 1. The maximum atomic E-state index is 12.2. The normalized spacial score (nSPS) is 12.0. The van der Waals surface area contributed by atoms with Crippen molar-refractivity contribution < 1.29 is 4.79 Å². The van der Waals surface area contributed by atoms with E-state index in [1.807, 2.05) is 18.2 Å². The Bertz CT molecular complexity index is 622. The predicted molar refractivity (Wildman–Crippen MR) is 95.7 cm³/mol. The summed E-state index contributed by atoms with van der Waals surface area (Å²) in [5.74, 6) is 0.917. The summed E-state index contributed by atoms with van der Waals surface area (Å²) in [5, 5.41) is 3.05. The lowest BCUT2D eigenvalue weighted by Crippen LogP contribution is -2.15. The van der Waals surface area contributed by atoms with E-state index < -0.39 is 0 Å². The molecule has 1 atom stereocenters. The van der Waals surface area contributed by atoms with Crippen molar-refractivity contribution in [1.82, 2.24) is 0 Å². The van der Waals surface area contributed by atoms with E-state index in [0.717, 1.165) is 17.0 Å². The van der Waals surface area contributed by atoms with E-state index in [4.69, 9.17) is 0 Å². The molecule has 2 nitrogen and oxygen atoms in total. The summed E-state index contributed by atoms with van der Waals surface area (Å²) >= 11 is 1.56. The van der Waals surface area contributed by atoms with E-state index >= 15 is 0 Å². The van der Waals surface area contributed by atoms with Crippen LogP contribution in [0.4, 0.5) is 5.69 Å². The highest BCUT2D eigenvalue weighted by molar-refractivity contribution is 8.00. The van der Waals surface area contributed by atoms with Gasteiger partial charge in [0.1, 0.15) is 0 Å². The molecule has 0 saturated heterocycles. The molecule has 1 amide bonds. The average molecular weight is 313 g/mol. The number of benzene rings is 2. The van der Waals surface area contributed by atoms with E-state index in [0.29, 0.717) is 11.7 Å². The average Bonchev–Trinajstić information content (AvgIpc) is 2.54. The van der Waals surface area contributed by atoms with Crippen LogP contribution in [0.1, 0.15) is 37.3 Å². The van der Waals surface area contributed by atoms with Gasteiger partial charge in [-0.1, -0.05) is 49.7 Å². The molecule has 0 aliphatic rings. The lowest BCUT2D eigenvalue weighted by molar-refractivity contribution is -0.113. The van der Waals surface area contributed by atoms with Crippen LogP contribution in [-0.2, 0) is 4.79 Å². The van der Waals surface area contributed by atoms with Crippen molar-refractivity contribution in [2.24, 2.45) is 0 Å². The van der Waals surface area contributed by atoms with Gasteiger partial charge in [-0.3, -0.25) is 4.79 Å². The van der Waals surface area contributed by atoms with Crippen LogP contribution in [0, 0.1) is 6.92 Å². The molecule has 0 bridgehead atoms. The third kappa shape index (κ3) is 4.63. The van der Waals surface area contributed by atoms with Gasteiger partial charge in [-0.15, -0.1) is 11.8 Å². The maximum absolute atomic E-state index is 12.2. The number of hydrogen-bond donors (Lipinski definition) is 1. The first-order chi connectivity index (χ1) is 10.6. The van der Waals surface area contributed by atoms with Gasteiger partial charge in [0.05, 0.1) is 5.75 Å². The quantitative estimate of drug-likeness (QED) is 0.739. The molecule has 0 unspecified atom stereocenters. The molecule has 2 aromatic rings. The second kappa shape index (κ2) is 8.04. The first kappa shape index (κ1) is 16.6. The number of rotatable bonds is 6. The molecule has 116 valence electrons. The highest BCUT2D eigenvalue weighted by Gasteiger charge is 2.11. The van der Waals surface area contributed by atoms with Gasteiger partial charge >= 0.3 is 0 Å². The van der Waals surface area contributed by atoms with Crippen LogP contribution in [-0.4, -0.2) is 11.7 Å². The van der Waals surface area contributed by atoms with Gasteiger partial charge in [0.15, 0.2) is 0 Å². The fraction of sp³-hybridized carbons (Fsp3) is 0.316. The van der Waals surface area contributed by atoms with Gasteiger partial charge in [0, 0.05) is 10.6 Å². The summed E-state index contributed by atoms with van der Waals surface area (Å²) < 4.78 is 0. The van der Waals surface area contributed by atoms with Crippen molar-refractivity contribution in [1.29, 1.82) is 0 Å². The zero-order valence-corrected chi connectivity index (χ0v) is 14.2. The number of amides is 1. The number of para-hydroxylation sites is 1. The second-order valence-electron chi connectivity index (χ2n) is 5.55. The first-order valence-corrected chi connectivity index (χ1v) is 8.67. The molecule has 0 aliphatic heterocycles. The highest BCUT2D eigenvalue weighted by atomic mass is 32.2. The van der Waals surface area contributed by atoms with Gasteiger partial charge in [-0.05, 0) is 43.0 Å². The van der Waals surface area contributed by atoms with Crippen molar-refractivity contribution >= 4 is 23.4 Å². The molecule has 0 radical (unpaired) electrons. The van der Waals surface area contributed by atoms with E-state index in [9.17, 15) is 4.79 Å². The lowest BCUT2D eigenvalue weighted by Gasteiger charge is -2.15. The molecule has 0 heterocycles. The monoisotopic (exact) mass is 313 g/mol. The molecule has 0 saturated carbocycles. The van der Waals surface area contributed by atoms with E-state index in [-0.39, 0.29) is 5.91 Å². The summed E-state index contributed by atoms with van der Waals surface area (Å²) in [7, 11) is 0. The van der Waals surface area contributed by atoms with Crippen LogP contribution in [0.3, 0.4) is 0 Å². The summed E-state index contributed by atoms with van der Waals surface area (Å²) in [6.45, 7) is 6.41. The Hall–Kier alpha value is -1.74. The minimum Gasteiger partial charge on any atom is -0.325 e. The molecule has 22 heavy (non-hydrogen) atoms. The summed E-state index contributed by atoms with van der Waals surface area (Å²) in [5.41, 5.74) is 3.38. The molecule has 0 spiro atoms. The minimum atomic E-state index is 0.0429. The van der Waals surface area contributed by atoms with Crippen LogP contribution < -0.4 is 5.32 Å². The highest BCUT2D eigenvalue weighted by Crippen LogP contribution is 2.27. The molecule has 3 heteroatoms. The van der Waals surface area contributed by atoms with Crippen molar-refractivity contribution in [3.63, 3.8) is 0 Å². The van der Waals surface area contributed by atoms with E-state index in [1.54, 1.807) is 11.8 Å². The van der Waals surface area contributed by atoms with Crippen LogP contribution in [0.25, 0.3) is 0 Å². The Morgan fingerprint density at radius 1 is 1.14 bits per heavy atom. The van der Waals surface area contributed by atoms with Gasteiger partial charge in [0.2, 0.25) is 5.91 Å². The lowest BCUT2D eigenvalue weighted by atomic mass is 9.97. The Balaban J connectivity index is 1.96. The van der Waals surface area contributed by atoms with E-state index in [1.165, 1.54) is 11.1 Å². The minimum absolute atomic E-state index is 0.0429. The Labute approximate surface area is 137 Å². The Kier molecular flexibility index (Phi) is 6.08. The van der Waals surface area contributed by atoms with Gasteiger partial charge < -0.3 is 5.32 Å². The zero-order chi connectivity index (χ0) is 15.9. The van der Waals surface area contributed by atoms with Crippen molar-refractivity contribution in [2.75, 3.05) is 11.1 Å². The zero-order valence-electron chi connectivity index (χ0n) is 13.4. The Morgan fingerprint density at radius 2 is 1.82 bits per heavy atom. The van der Waals surface area contributed by atoms with Crippen LogP contribution in [0.15, 0.2) is 53.4 Å². The topological polar surface area (TPSA) is 29.1 Å². The summed E-state index contributed by atoms with van der Waals surface area (Å²) in [6.07, 6.45) is 1.06. The molecule has 0 fully saturated rings. The number of hydrogen-bond acceptors (Lipinski definition) is 2. The number of nitrogens with one attached hydrogen (secondary N) is 1. The molecule has 1 N–H and O–H groups in total. The van der Waals surface area contributed by atoms with Crippen molar-refractivity contribution in [3.8, 4) is 0 Å². The molecule has 0 aliphatic carbocycles. The van der Waals surface area contributed by atoms with Crippen LogP contribution in [0.5, 0.6) is 0 Å². The predicted octanol–water partition coefficient (Wildman–Crippen LogP) is 5.24.